The molecule has 0 fully saturated rings. The fraction of sp³-hybridized carbons (Fsp3) is 0.462. The number of hydrogen-bond acceptors (Lipinski definition) is 4. The number of carbonyl (C=O) groups excluding carboxylic acids is 1. The summed E-state index contributed by atoms with van der Waals surface area (Å²) in [7, 11) is 1.71. The largest absolute Gasteiger partial charge is 0.389 e. The maximum Gasteiger partial charge on any atom is 0.162 e. The Balaban J connectivity index is 2.76. The van der Waals surface area contributed by atoms with Gasteiger partial charge in [0.05, 0.1) is 6.10 Å². The summed E-state index contributed by atoms with van der Waals surface area (Å²) in [5.74, 6) is 0.0711. The second-order valence-electron chi connectivity index (χ2n) is 3.97. The van der Waals surface area contributed by atoms with Crippen LogP contribution in [0.25, 0.3) is 0 Å². The summed E-state index contributed by atoms with van der Waals surface area (Å²) < 4.78 is 0. The molecule has 0 saturated carbocycles. The molecular formula is C13H19NO3. The molecule has 0 heterocycles. The van der Waals surface area contributed by atoms with Gasteiger partial charge in [0.1, 0.15) is 6.10 Å². The topological polar surface area (TPSA) is 69.6 Å². The first-order valence-electron chi connectivity index (χ1n) is 5.74. The maximum absolute atomic E-state index is 11.4. The van der Waals surface area contributed by atoms with Crippen molar-refractivity contribution in [2.75, 3.05) is 13.6 Å². The second kappa shape index (κ2) is 6.49. The number of hydrogen-bond donors (Lipinski definition) is 3. The van der Waals surface area contributed by atoms with E-state index in [9.17, 15) is 15.0 Å². The van der Waals surface area contributed by atoms with Crippen molar-refractivity contribution in [1.29, 1.82) is 0 Å². The van der Waals surface area contributed by atoms with E-state index in [1.807, 2.05) is 6.92 Å². The standard InChI is InChI=1S/C13H19NO3/c1-3-11(15)9-4-6-10(7-5-9)13(17)12(16)8-14-2/h4-7,12-14,16-17H,3,8H2,1-2H3. The molecule has 4 heteroatoms. The predicted molar refractivity (Wildman–Crippen MR) is 66.0 cm³/mol. The minimum absolute atomic E-state index is 0.0711. The normalized spacial score (nSPS) is 14.4. The number of benzene rings is 1. The van der Waals surface area contributed by atoms with Gasteiger partial charge in [0, 0.05) is 18.5 Å². The van der Waals surface area contributed by atoms with Crippen molar-refractivity contribution < 1.29 is 15.0 Å². The van der Waals surface area contributed by atoms with Gasteiger partial charge in [-0.05, 0) is 12.6 Å². The first kappa shape index (κ1) is 13.8. The highest BCUT2D eigenvalue weighted by atomic mass is 16.3. The number of likely N-dealkylation sites (N-methyl/N-ethyl adjacent to an activating group) is 1. The number of Topliss-reactive ketones (excluding diaryl/α,β-unsaturated/α-hetero) is 1. The second-order valence-corrected chi connectivity index (χ2v) is 3.97. The molecule has 2 atom stereocenters. The molecule has 0 aliphatic rings. The fourth-order valence-corrected chi connectivity index (χ4v) is 1.61. The molecule has 2 unspecified atom stereocenters. The third-order valence-corrected chi connectivity index (χ3v) is 2.67. The molecule has 17 heavy (non-hydrogen) atoms. The van der Waals surface area contributed by atoms with Crippen molar-refractivity contribution in [2.24, 2.45) is 0 Å². The minimum atomic E-state index is -0.937. The molecule has 3 N–H and O–H groups in total. The minimum Gasteiger partial charge on any atom is -0.389 e. The summed E-state index contributed by atoms with van der Waals surface area (Å²) >= 11 is 0. The average molecular weight is 237 g/mol. The molecule has 0 spiro atoms. The van der Waals surface area contributed by atoms with Gasteiger partial charge in [0.25, 0.3) is 0 Å². The van der Waals surface area contributed by atoms with Gasteiger partial charge >= 0.3 is 0 Å². The van der Waals surface area contributed by atoms with Gasteiger partial charge in [0.15, 0.2) is 5.78 Å². The van der Waals surface area contributed by atoms with E-state index >= 15 is 0 Å². The summed E-state index contributed by atoms with van der Waals surface area (Å²) in [5.41, 5.74) is 1.24. The van der Waals surface area contributed by atoms with Crippen LogP contribution in [0, 0.1) is 0 Å². The molecule has 0 amide bonds. The maximum atomic E-state index is 11.4. The number of carbonyl (C=O) groups is 1. The molecule has 0 aliphatic heterocycles. The summed E-state index contributed by atoms with van der Waals surface area (Å²) in [5, 5.41) is 22.2. The van der Waals surface area contributed by atoms with Crippen molar-refractivity contribution in [3.8, 4) is 0 Å². The lowest BCUT2D eigenvalue weighted by molar-refractivity contribution is 0.0202. The van der Waals surface area contributed by atoms with Crippen LogP contribution in [0.3, 0.4) is 0 Å². The van der Waals surface area contributed by atoms with Crippen molar-refractivity contribution in [1.82, 2.24) is 5.32 Å². The molecule has 0 saturated heterocycles. The highest BCUT2D eigenvalue weighted by molar-refractivity contribution is 5.95. The monoisotopic (exact) mass is 237 g/mol. The highest BCUT2D eigenvalue weighted by Crippen LogP contribution is 2.17. The molecule has 1 aromatic carbocycles. The van der Waals surface area contributed by atoms with Crippen molar-refractivity contribution in [3.05, 3.63) is 35.4 Å². The Bertz CT molecular complexity index is 361. The summed E-state index contributed by atoms with van der Waals surface area (Å²) in [4.78, 5) is 11.4. The lowest BCUT2D eigenvalue weighted by atomic mass is 10.0. The van der Waals surface area contributed by atoms with Crippen LogP contribution in [-0.4, -0.2) is 35.7 Å². The Hall–Kier alpha value is -1.23. The van der Waals surface area contributed by atoms with Crippen LogP contribution < -0.4 is 5.32 Å². The molecule has 1 aromatic rings. The Morgan fingerprint density at radius 2 is 1.88 bits per heavy atom. The van der Waals surface area contributed by atoms with Gasteiger partial charge in [-0.15, -0.1) is 0 Å². The third-order valence-electron chi connectivity index (χ3n) is 2.67. The van der Waals surface area contributed by atoms with E-state index in [1.54, 1.807) is 31.3 Å². The Labute approximate surface area is 101 Å². The zero-order chi connectivity index (χ0) is 12.8. The van der Waals surface area contributed by atoms with E-state index in [2.05, 4.69) is 5.32 Å². The van der Waals surface area contributed by atoms with Crippen LogP contribution in [0.1, 0.15) is 35.4 Å². The number of rotatable bonds is 6. The number of aliphatic hydroxyl groups is 2. The zero-order valence-corrected chi connectivity index (χ0v) is 10.2. The summed E-state index contributed by atoms with van der Waals surface area (Å²) in [6.07, 6.45) is -1.33. The van der Waals surface area contributed by atoms with E-state index < -0.39 is 12.2 Å². The number of aliphatic hydroxyl groups excluding tert-OH is 2. The lowest BCUT2D eigenvalue weighted by Crippen LogP contribution is -2.29. The van der Waals surface area contributed by atoms with E-state index in [-0.39, 0.29) is 5.78 Å². The van der Waals surface area contributed by atoms with Crippen molar-refractivity contribution in [3.63, 3.8) is 0 Å². The van der Waals surface area contributed by atoms with Gasteiger partial charge in [-0.3, -0.25) is 4.79 Å². The van der Waals surface area contributed by atoms with Crippen LogP contribution in [0.15, 0.2) is 24.3 Å². The fourth-order valence-electron chi connectivity index (χ4n) is 1.61. The van der Waals surface area contributed by atoms with Gasteiger partial charge < -0.3 is 15.5 Å². The van der Waals surface area contributed by atoms with Crippen molar-refractivity contribution in [2.45, 2.75) is 25.6 Å². The Kier molecular flexibility index (Phi) is 5.28. The van der Waals surface area contributed by atoms with Gasteiger partial charge in [-0.2, -0.15) is 0 Å². The quantitative estimate of drug-likeness (QED) is 0.643. The first-order valence-corrected chi connectivity index (χ1v) is 5.74. The zero-order valence-electron chi connectivity index (χ0n) is 10.2. The number of nitrogens with one attached hydrogen (secondary N) is 1. The molecule has 1 rings (SSSR count). The van der Waals surface area contributed by atoms with Crippen LogP contribution in [0.5, 0.6) is 0 Å². The molecule has 4 nitrogen and oxygen atoms in total. The summed E-state index contributed by atoms with van der Waals surface area (Å²) in [6, 6.07) is 6.70. The highest BCUT2D eigenvalue weighted by Gasteiger charge is 2.17. The van der Waals surface area contributed by atoms with E-state index in [0.717, 1.165) is 0 Å². The molecule has 0 bridgehead atoms. The molecule has 0 aromatic heterocycles. The average Bonchev–Trinajstić information content (AvgIpc) is 2.37. The Morgan fingerprint density at radius 3 is 2.35 bits per heavy atom. The SMILES string of the molecule is CCC(=O)c1ccc(C(O)C(O)CNC)cc1. The van der Waals surface area contributed by atoms with Gasteiger partial charge in [0.2, 0.25) is 0 Å². The lowest BCUT2D eigenvalue weighted by Gasteiger charge is -2.17. The number of ketones is 1. The molecule has 94 valence electrons. The third kappa shape index (κ3) is 3.63. The van der Waals surface area contributed by atoms with Crippen LogP contribution in [0.4, 0.5) is 0 Å². The Morgan fingerprint density at radius 1 is 1.29 bits per heavy atom. The first-order chi connectivity index (χ1) is 8.10. The van der Waals surface area contributed by atoms with Gasteiger partial charge in [-0.25, -0.2) is 0 Å². The van der Waals surface area contributed by atoms with E-state index in [0.29, 0.717) is 24.1 Å². The van der Waals surface area contributed by atoms with Crippen molar-refractivity contribution >= 4 is 5.78 Å². The molecule has 0 aliphatic carbocycles. The smallest absolute Gasteiger partial charge is 0.162 e. The van der Waals surface area contributed by atoms with Crippen LogP contribution >= 0.6 is 0 Å². The van der Waals surface area contributed by atoms with E-state index in [1.165, 1.54) is 0 Å². The van der Waals surface area contributed by atoms with Crippen LogP contribution in [-0.2, 0) is 0 Å². The van der Waals surface area contributed by atoms with Crippen LogP contribution in [0.2, 0.25) is 0 Å². The summed E-state index contributed by atoms with van der Waals surface area (Å²) in [6.45, 7) is 2.12. The van der Waals surface area contributed by atoms with Gasteiger partial charge in [-0.1, -0.05) is 31.2 Å². The molecular weight excluding hydrogens is 218 g/mol. The molecule has 0 radical (unpaired) electrons. The van der Waals surface area contributed by atoms with E-state index in [4.69, 9.17) is 0 Å². The predicted octanol–water partition coefficient (Wildman–Crippen LogP) is 0.893.